The standard InChI is InChI=1S/2C23H29.2ClH.Zr/c2*1-14-9-16-11-17-10-15(2)21(23(6,7)8)13-19(17)18(16)12-20(14)22(3,4)5;;;/h2*9,12-13H,11H2,1-8H3;2*1H;/q2*-1;;;+4/p-2. The maximum Gasteiger partial charge on any atom is 4.00 e. The second-order valence-corrected chi connectivity index (χ2v) is 18.4. The fourth-order valence-electron chi connectivity index (χ4n) is 8.05. The van der Waals surface area contributed by atoms with Crippen molar-refractivity contribution in [3.63, 3.8) is 0 Å². The topological polar surface area (TPSA) is 0 Å². The number of fused-ring (bicyclic) bond motifs is 6. The van der Waals surface area contributed by atoms with Gasteiger partial charge >= 0.3 is 26.2 Å². The van der Waals surface area contributed by atoms with Crippen LogP contribution in [0.15, 0.2) is 36.4 Å². The van der Waals surface area contributed by atoms with Crippen molar-refractivity contribution in [3.05, 3.63) is 115 Å². The van der Waals surface area contributed by atoms with Crippen LogP contribution in [0.25, 0.3) is 22.3 Å². The van der Waals surface area contributed by atoms with Gasteiger partial charge in [0.2, 0.25) is 0 Å². The average molecular weight is 773 g/mol. The van der Waals surface area contributed by atoms with Crippen LogP contribution in [0.2, 0.25) is 0 Å². The van der Waals surface area contributed by atoms with Crippen LogP contribution in [0.5, 0.6) is 0 Å². The van der Waals surface area contributed by atoms with Crippen LogP contribution in [-0.2, 0) is 60.7 Å². The summed E-state index contributed by atoms with van der Waals surface area (Å²) >= 11 is 0. The van der Waals surface area contributed by atoms with E-state index < -0.39 is 0 Å². The van der Waals surface area contributed by atoms with E-state index in [2.05, 4.69) is 159 Å². The molecular formula is C46H58Cl2Zr. The second kappa shape index (κ2) is 14.8. The molecule has 0 N–H and O–H groups in total. The van der Waals surface area contributed by atoms with Crippen molar-refractivity contribution in [2.75, 3.05) is 0 Å². The van der Waals surface area contributed by atoms with Crippen LogP contribution >= 0.6 is 0 Å². The Morgan fingerprint density at radius 2 is 0.673 bits per heavy atom. The third kappa shape index (κ3) is 8.70. The summed E-state index contributed by atoms with van der Waals surface area (Å²) in [7, 11) is 0. The second-order valence-electron chi connectivity index (χ2n) is 18.4. The van der Waals surface area contributed by atoms with Gasteiger partial charge in [-0.25, -0.2) is 0 Å². The summed E-state index contributed by atoms with van der Waals surface area (Å²) in [5.74, 6) is 0. The molecule has 260 valence electrons. The van der Waals surface area contributed by atoms with Crippen LogP contribution in [0, 0.1) is 39.8 Å². The maximum atomic E-state index is 3.69. The molecular weight excluding hydrogens is 715 g/mol. The summed E-state index contributed by atoms with van der Waals surface area (Å²) in [5, 5.41) is 0. The third-order valence-electron chi connectivity index (χ3n) is 10.2. The number of rotatable bonds is 0. The fraction of sp³-hybridized carbons (Fsp3) is 0.478. The molecule has 0 atom stereocenters. The van der Waals surface area contributed by atoms with E-state index in [-0.39, 0.29) is 72.7 Å². The number of benzene rings is 4. The first-order valence-electron chi connectivity index (χ1n) is 17.4. The molecule has 0 fully saturated rings. The zero-order chi connectivity index (χ0) is 34.3. The number of hydrogen-bond acceptors (Lipinski definition) is 0. The van der Waals surface area contributed by atoms with Crippen molar-refractivity contribution in [3.8, 4) is 22.3 Å². The van der Waals surface area contributed by atoms with Gasteiger partial charge in [0.1, 0.15) is 0 Å². The molecule has 0 nitrogen and oxygen atoms in total. The van der Waals surface area contributed by atoms with Gasteiger partial charge in [-0.3, -0.25) is 0 Å². The van der Waals surface area contributed by atoms with Gasteiger partial charge in [-0.15, -0.1) is 33.4 Å². The van der Waals surface area contributed by atoms with E-state index >= 15 is 0 Å². The Hall–Kier alpha value is -1.66. The summed E-state index contributed by atoms with van der Waals surface area (Å²) in [4.78, 5) is 0. The SMILES string of the molecule is Cc1[c-]c2c(cc1C(C)(C)C)-c1cc(C(C)(C)C)c(C)cc1C2.Cc1[c-]c2c(cc1C(C)(C)C)-c1cc(C(C)(C)C)c(C)cc1C2.[Cl-].[Cl-].[Zr+4]. The van der Waals surface area contributed by atoms with Gasteiger partial charge in [0.15, 0.2) is 0 Å². The molecule has 3 heteroatoms. The quantitative estimate of drug-likeness (QED) is 0.154. The Bertz CT molecular complexity index is 1580. The van der Waals surface area contributed by atoms with Crippen LogP contribution in [0.3, 0.4) is 0 Å². The summed E-state index contributed by atoms with van der Waals surface area (Å²) in [6.07, 6.45) is 2.06. The monoisotopic (exact) mass is 770 g/mol. The number of halogens is 2. The van der Waals surface area contributed by atoms with Crippen LogP contribution in [0.1, 0.15) is 150 Å². The predicted molar refractivity (Wildman–Crippen MR) is 201 cm³/mol. The minimum Gasteiger partial charge on any atom is -1.00 e. The minimum atomic E-state index is 0. The van der Waals surface area contributed by atoms with Crippen molar-refractivity contribution in [2.45, 2.75) is 145 Å². The molecule has 0 saturated heterocycles. The number of aryl methyl sites for hydroxylation is 4. The van der Waals surface area contributed by atoms with Crippen LogP contribution in [-0.4, -0.2) is 0 Å². The molecule has 0 saturated carbocycles. The zero-order valence-electron chi connectivity index (χ0n) is 33.1. The van der Waals surface area contributed by atoms with Gasteiger partial charge in [-0.05, 0) is 70.9 Å². The van der Waals surface area contributed by atoms with Gasteiger partial charge in [0.25, 0.3) is 0 Å². The largest absolute Gasteiger partial charge is 4.00 e. The van der Waals surface area contributed by atoms with E-state index in [1.165, 1.54) is 89.0 Å². The van der Waals surface area contributed by atoms with Gasteiger partial charge in [-0.2, -0.15) is 35.4 Å². The van der Waals surface area contributed by atoms with Crippen molar-refractivity contribution in [2.24, 2.45) is 0 Å². The first-order valence-corrected chi connectivity index (χ1v) is 17.4. The molecule has 0 unspecified atom stereocenters. The molecule has 0 spiro atoms. The predicted octanol–water partition coefficient (Wildman–Crippen LogP) is 6.55. The van der Waals surface area contributed by atoms with Crippen LogP contribution < -0.4 is 24.8 Å². The summed E-state index contributed by atoms with van der Waals surface area (Å²) in [5.41, 5.74) is 23.2. The molecule has 6 rings (SSSR count). The van der Waals surface area contributed by atoms with Crippen molar-refractivity contribution in [1.29, 1.82) is 0 Å². The Morgan fingerprint density at radius 3 is 0.939 bits per heavy atom. The molecule has 4 aromatic rings. The normalized spacial score (nSPS) is 13.1. The average Bonchev–Trinajstić information content (AvgIpc) is 3.39. The van der Waals surface area contributed by atoms with Crippen molar-refractivity contribution < 1.29 is 51.0 Å². The van der Waals surface area contributed by atoms with Gasteiger partial charge in [0, 0.05) is 0 Å². The molecule has 0 amide bonds. The Morgan fingerprint density at radius 1 is 0.408 bits per heavy atom. The minimum absolute atomic E-state index is 0. The molecule has 2 aliphatic carbocycles. The molecule has 0 heterocycles. The van der Waals surface area contributed by atoms with Crippen LogP contribution in [0.4, 0.5) is 0 Å². The fourth-order valence-corrected chi connectivity index (χ4v) is 8.05. The van der Waals surface area contributed by atoms with E-state index in [1.54, 1.807) is 0 Å². The Kier molecular flexibility index (Phi) is 13.1. The zero-order valence-corrected chi connectivity index (χ0v) is 37.1. The Balaban J connectivity index is 0.000000321. The summed E-state index contributed by atoms with van der Waals surface area (Å²) < 4.78 is 0. The summed E-state index contributed by atoms with van der Waals surface area (Å²) in [6.45, 7) is 36.5. The molecule has 0 aliphatic heterocycles. The van der Waals surface area contributed by atoms with Gasteiger partial charge < -0.3 is 24.8 Å². The molecule has 4 aromatic carbocycles. The van der Waals surface area contributed by atoms with E-state index in [1.807, 2.05) is 0 Å². The molecule has 49 heavy (non-hydrogen) atoms. The van der Waals surface area contributed by atoms with Crippen molar-refractivity contribution in [1.82, 2.24) is 0 Å². The molecule has 2 aliphatic rings. The van der Waals surface area contributed by atoms with Crippen molar-refractivity contribution >= 4 is 0 Å². The third-order valence-corrected chi connectivity index (χ3v) is 10.2. The summed E-state index contributed by atoms with van der Waals surface area (Å²) in [6, 6.07) is 21.9. The molecule has 0 aromatic heterocycles. The molecule has 0 bridgehead atoms. The smallest absolute Gasteiger partial charge is 1.00 e. The van der Waals surface area contributed by atoms with E-state index in [9.17, 15) is 0 Å². The van der Waals surface area contributed by atoms with Gasteiger partial charge in [-0.1, -0.05) is 143 Å². The maximum absolute atomic E-state index is 3.69. The first kappa shape index (κ1) is 43.5. The van der Waals surface area contributed by atoms with E-state index in [0.717, 1.165) is 12.8 Å². The first-order chi connectivity index (χ1) is 21.0. The van der Waals surface area contributed by atoms with Gasteiger partial charge in [0.05, 0.1) is 0 Å². The molecule has 0 radical (unpaired) electrons. The number of hydrogen-bond donors (Lipinski definition) is 0. The Labute approximate surface area is 331 Å². The van der Waals surface area contributed by atoms with E-state index in [0.29, 0.717) is 0 Å². The van der Waals surface area contributed by atoms with E-state index in [4.69, 9.17) is 0 Å².